The molecule has 0 aliphatic carbocycles. The molecule has 0 bridgehead atoms. The number of nitrogens with one attached hydrogen (secondary N) is 1. The molecule has 0 atom stereocenters. The second-order valence-corrected chi connectivity index (χ2v) is 5.52. The van der Waals surface area contributed by atoms with Crippen molar-refractivity contribution >= 4 is 22.4 Å². The number of hydrogen-bond acceptors (Lipinski definition) is 9. The van der Waals surface area contributed by atoms with Crippen LogP contribution in [0.25, 0.3) is 0 Å². The minimum absolute atomic E-state index is 0.649. The third-order valence-corrected chi connectivity index (χ3v) is 4.00. The van der Waals surface area contributed by atoms with Crippen molar-refractivity contribution in [3.8, 4) is 0 Å². The first-order valence-electron chi connectivity index (χ1n) is 6.38. The van der Waals surface area contributed by atoms with Crippen molar-refractivity contribution in [2.45, 2.75) is 6.54 Å². The van der Waals surface area contributed by atoms with Crippen molar-refractivity contribution in [1.82, 2.24) is 25.1 Å². The minimum Gasteiger partial charge on any atom is -0.338 e. The Morgan fingerprint density at radius 1 is 1.15 bits per heavy atom. The Labute approximate surface area is 120 Å². The van der Waals surface area contributed by atoms with Crippen LogP contribution in [0.15, 0.2) is 18.5 Å². The molecule has 1 saturated heterocycles. The monoisotopic (exact) mass is 292 g/mol. The molecule has 106 valence electrons. The van der Waals surface area contributed by atoms with Gasteiger partial charge in [0.2, 0.25) is 11.1 Å². The maximum atomic E-state index is 5.30. The lowest BCUT2D eigenvalue weighted by Gasteiger charge is -2.34. The zero-order valence-corrected chi connectivity index (χ0v) is 11.8. The summed E-state index contributed by atoms with van der Waals surface area (Å²) < 4.78 is 0. The third kappa shape index (κ3) is 3.00. The van der Waals surface area contributed by atoms with Crippen LogP contribution >= 0.6 is 11.3 Å². The van der Waals surface area contributed by atoms with Gasteiger partial charge < -0.3 is 4.90 Å². The Morgan fingerprint density at radius 3 is 2.55 bits per heavy atom. The summed E-state index contributed by atoms with van der Waals surface area (Å²) in [6, 6.07) is 1.83. The van der Waals surface area contributed by atoms with Gasteiger partial charge in [0.1, 0.15) is 5.01 Å². The summed E-state index contributed by atoms with van der Waals surface area (Å²) in [5.41, 5.74) is 2.51. The molecule has 2 aromatic heterocycles. The Bertz CT molecular complexity index is 536. The second kappa shape index (κ2) is 6.07. The van der Waals surface area contributed by atoms with Crippen LogP contribution in [0, 0.1) is 0 Å². The molecule has 3 rings (SSSR count). The molecule has 8 nitrogen and oxygen atoms in total. The molecule has 0 unspecified atom stereocenters. The van der Waals surface area contributed by atoms with Gasteiger partial charge in [-0.05, 0) is 6.07 Å². The van der Waals surface area contributed by atoms with Gasteiger partial charge in [-0.25, -0.2) is 15.8 Å². The number of nitrogens with two attached hydrogens (primary N) is 1. The first kappa shape index (κ1) is 13.2. The van der Waals surface area contributed by atoms with Gasteiger partial charge in [-0.1, -0.05) is 11.3 Å². The first-order valence-corrected chi connectivity index (χ1v) is 7.20. The Hall–Kier alpha value is -1.84. The zero-order chi connectivity index (χ0) is 13.8. The fourth-order valence-corrected chi connectivity index (χ4v) is 2.82. The molecule has 0 aromatic carbocycles. The summed E-state index contributed by atoms with van der Waals surface area (Å²) in [5, 5.41) is 9.67. The van der Waals surface area contributed by atoms with Gasteiger partial charge in [-0.3, -0.25) is 10.3 Å². The number of piperazine rings is 1. The van der Waals surface area contributed by atoms with Gasteiger partial charge in [0.15, 0.2) is 0 Å². The molecule has 9 heteroatoms. The SMILES string of the molecule is NNc1nnc(CN2CCN(c3ncccn3)CC2)s1. The van der Waals surface area contributed by atoms with Crippen molar-refractivity contribution in [1.29, 1.82) is 0 Å². The molecule has 0 radical (unpaired) electrons. The smallest absolute Gasteiger partial charge is 0.225 e. The summed E-state index contributed by atoms with van der Waals surface area (Å²) in [4.78, 5) is 13.1. The number of rotatable bonds is 4. The normalized spacial score (nSPS) is 16.4. The number of hydrogen-bond donors (Lipinski definition) is 2. The van der Waals surface area contributed by atoms with Gasteiger partial charge in [0, 0.05) is 38.6 Å². The van der Waals surface area contributed by atoms with Crippen LogP contribution in [-0.4, -0.2) is 51.2 Å². The second-order valence-electron chi connectivity index (χ2n) is 4.46. The summed E-state index contributed by atoms with van der Waals surface area (Å²) in [7, 11) is 0. The standard InChI is InChI=1S/C11H16N8S/c12-15-11-17-16-9(20-11)8-18-4-6-19(7-5-18)10-13-2-1-3-14-10/h1-3H,4-8,12H2,(H,15,17). The maximum Gasteiger partial charge on any atom is 0.225 e. The van der Waals surface area contributed by atoms with Crippen LogP contribution in [-0.2, 0) is 6.54 Å². The van der Waals surface area contributed by atoms with Gasteiger partial charge in [0.05, 0.1) is 6.54 Å². The predicted octanol–water partition coefficient (Wildman–Crippen LogP) is -0.0641. The van der Waals surface area contributed by atoms with E-state index in [4.69, 9.17) is 5.84 Å². The van der Waals surface area contributed by atoms with Crippen LogP contribution in [0.5, 0.6) is 0 Å². The average molecular weight is 292 g/mol. The lowest BCUT2D eigenvalue weighted by Crippen LogP contribution is -2.46. The quantitative estimate of drug-likeness (QED) is 0.597. The molecule has 20 heavy (non-hydrogen) atoms. The first-order chi connectivity index (χ1) is 9.85. The van der Waals surface area contributed by atoms with E-state index in [-0.39, 0.29) is 0 Å². The lowest BCUT2D eigenvalue weighted by atomic mass is 10.3. The van der Waals surface area contributed by atoms with E-state index in [1.165, 1.54) is 11.3 Å². The van der Waals surface area contributed by atoms with Crippen LogP contribution in [0.4, 0.5) is 11.1 Å². The minimum atomic E-state index is 0.649. The third-order valence-electron chi connectivity index (χ3n) is 3.16. The van der Waals surface area contributed by atoms with Crippen LogP contribution in [0.3, 0.4) is 0 Å². The maximum absolute atomic E-state index is 5.30. The molecular formula is C11H16N8S. The Morgan fingerprint density at radius 2 is 1.90 bits per heavy atom. The molecule has 1 aliphatic heterocycles. The van der Waals surface area contributed by atoms with E-state index in [0.717, 1.165) is 43.7 Å². The van der Waals surface area contributed by atoms with Gasteiger partial charge in [0.25, 0.3) is 0 Å². The molecule has 0 saturated carbocycles. The lowest BCUT2D eigenvalue weighted by molar-refractivity contribution is 0.248. The molecule has 3 N–H and O–H groups in total. The summed E-state index contributed by atoms with van der Waals surface area (Å²) in [6.45, 7) is 4.57. The fraction of sp³-hybridized carbons (Fsp3) is 0.455. The van der Waals surface area contributed by atoms with Crippen molar-refractivity contribution in [2.75, 3.05) is 36.5 Å². The van der Waals surface area contributed by atoms with E-state index in [2.05, 4.69) is 35.4 Å². The number of aromatic nitrogens is 4. The fourth-order valence-electron chi connectivity index (χ4n) is 2.13. The van der Waals surface area contributed by atoms with E-state index < -0.39 is 0 Å². The van der Waals surface area contributed by atoms with E-state index >= 15 is 0 Å². The molecule has 3 heterocycles. The van der Waals surface area contributed by atoms with Gasteiger partial charge >= 0.3 is 0 Å². The van der Waals surface area contributed by atoms with E-state index in [0.29, 0.717) is 5.13 Å². The van der Waals surface area contributed by atoms with Crippen molar-refractivity contribution in [3.63, 3.8) is 0 Å². The van der Waals surface area contributed by atoms with Crippen molar-refractivity contribution in [2.24, 2.45) is 5.84 Å². The summed E-state index contributed by atoms with van der Waals surface area (Å²) >= 11 is 1.49. The highest BCUT2D eigenvalue weighted by molar-refractivity contribution is 7.15. The highest BCUT2D eigenvalue weighted by atomic mass is 32.1. The highest BCUT2D eigenvalue weighted by Crippen LogP contribution is 2.17. The van der Waals surface area contributed by atoms with Crippen molar-refractivity contribution in [3.05, 3.63) is 23.5 Å². The van der Waals surface area contributed by atoms with E-state index in [1.807, 2.05) is 6.07 Å². The highest BCUT2D eigenvalue weighted by Gasteiger charge is 2.19. The average Bonchev–Trinajstić information content (AvgIpc) is 2.97. The Kier molecular flexibility index (Phi) is 4.00. The topological polar surface area (TPSA) is 96.1 Å². The molecule has 0 spiro atoms. The number of hydrazine groups is 1. The molecule has 2 aromatic rings. The number of nitrogens with zero attached hydrogens (tertiary/aromatic N) is 6. The van der Waals surface area contributed by atoms with Crippen molar-refractivity contribution < 1.29 is 0 Å². The van der Waals surface area contributed by atoms with Crippen LogP contribution in [0.2, 0.25) is 0 Å². The molecule has 1 fully saturated rings. The zero-order valence-electron chi connectivity index (χ0n) is 10.9. The van der Waals surface area contributed by atoms with Gasteiger partial charge in [-0.2, -0.15) is 0 Å². The van der Waals surface area contributed by atoms with Crippen LogP contribution < -0.4 is 16.2 Å². The van der Waals surface area contributed by atoms with Gasteiger partial charge in [-0.15, -0.1) is 10.2 Å². The van der Waals surface area contributed by atoms with Crippen LogP contribution in [0.1, 0.15) is 5.01 Å². The number of anilines is 2. The largest absolute Gasteiger partial charge is 0.338 e. The predicted molar refractivity (Wildman–Crippen MR) is 77.2 cm³/mol. The molecule has 1 aliphatic rings. The molecule has 0 amide bonds. The molecular weight excluding hydrogens is 276 g/mol. The number of nitrogen functional groups attached to an aromatic ring is 1. The summed E-state index contributed by atoms with van der Waals surface area (Å²) in [5.74, 6) is 6.11. The Balaban J connectivity index is 1.53. The van der Waals surface area contributed by atoms with E-state index in [9.17, 15) is 0 Å². The van der Waals surface area contributed by atoms with E-state index in [1.54, 1.807) is 12.4 Å². The summed E-state index contributed by atoms with van der Waals surface area (Å²) in [6.07, 6.45) is 3.55.